The molecule has 1 aliphatic heterocycles. The van der Waals surface area contributed by atoms with Crippen LogP contribution in [0.1, 0.15) is 33.1 Å². The number of hydrogen-bond donors (Lipinski definition) is 2. The Labute approximate surface area is 116 Å². The minimum atomic E-state index is -1.05. The number of likely N-dealkylation sites (N-methyl/N-ethyl adjacent to an activating group) is 1. The van der Waals surface area contributed by atoms with Gasteiger partial charge in [-0.15, -0.1) is 0 Å². The summed E-state index contributed by atoms with van der Waals surface area (Å²) in [5.74, 6) is -0.209. The fourth-order valence-electron chi connectivity index (χ4n) is 2.96. The summed E-state index contributed by atoms with van der Waals surface area (Å²) in [7, 11) is 4.24. The number of rotatable bonds is 7. The largest absolute Gasteiger partial charge is 0.480 e. The average Bonchev–Trinajstić information content (AvgIpc) is 2.70. The molecule has 3 N–H and O–H groups in total. The summed E-state index contributed by atoms with van der Waals surface area (Å²) in [4.78, 5) is 15.8. The number of nitrogens with zero attached hydrogens (tertiary/aromatic N) is 2. The molecule has 0 aromatic rings. The first-order valence-corrected chi connectivity index (χ1v) is 7.21. The lowest BCUT2D eigenvalue weighted by molar-refractivity contribution is -0.143. The molecule has 0 saturated carbocycles. The lowest BCUT2D eigenvalue weighted by Crippen LogP contribution is -2.47. The van der Waals surface area contributed by atoms with E-state index < -0.39 is 11.5 Å². The Kier molecular flexibility index (Phi) is 5.77. The van der Waals surface area contributed by atoms with Gasteiger partial charge in [-0.3, -0.25) is 4.79 Å². The molecule has 0 bridgehead atoms. The van der Waals surface area contributed by atoms with Crippen molar-refractivity contribution in [2.24, 2.45) is 11.7 Å². The molecular formula is C14H29N3O2. The Morgan fingerprint density at radius 3 is 2.53 bits per heavy atom. The molecule has 3 unspecified atom stereocenters. The third-order valence-corrected chi connectivity index (χ3v) is 4.47. The normalized spacial score (nSPS) is 27.7. The van der Waals surface area contributed by atoms with Crippen molar-refractivity contribution in [3.8, 4) is 0 Å². The summed E-state index contributed by atoms with van der Waals surface area (Å²) in [5.41, 5.74) is 4.85. The molecule has 1 fully saturated rings. The van der Waals surface area contributed by atoms with E-state index >= 15 is 0 Å². The van der Waals surface area contributed by atoms with Gasteiger partial charge in [0, 0.05) is 19.1 Å². The molecule has 1 aliphatic rings. The van der Waals surface area contributed by atoms with Crippen molar-refractivity contribution in [2.75, 3.05) is 33.7 Å². The first-order valence-electron chi connectivity index (χ1n) is 7.21. The van der Waals surface area contributed by atoms with Crippen LogP contribution in [0.5, 0.6) is 0 Å². The Morgan fingerprint density at radius 1 is 1.47 bits per heavy atom. The molecule has 112 valence electrons. The highest BCUT2D eigenvalue weighted by Crippen LogP contribution is 2.21. The van der Waals surface area contributed by atoms with E-state index in [4.69, 9.17) is 10.8 Å². The predicted octanol–water partition coefficient (Wildman–Crippen LogP) is 0.841. The molecule has 1 rings (SSSR count). The molecule has 0 amide bonds. The molecule has 5 nitrogen and oxygen atoms in total. The Bertz CT molecular complexity index is 309. The van der Waals surface area contributed by atoms with E-state index in [1.54, 1.807) is 0 Å². The van der Waals surface area contributed by atoms with Crippen LogP contribution < -0.4 is 5.73 Å². The van der Waals surface area contributed by atoms with Gasteiger partial charge in [-0.2, -0.15) is 0 Å². The van der Waals surface area contributed by atoms with Crippen LogP contribution in [0, 0.1) is 5.92 Å². The summed E-state index contributed by atoms with van der Waals surface area (Å²) in [6, 6.07) is 0.605. The molecule has 0 radical (unpaired) electrons. The highest BCUT2D eigenvalue weighted by molar-refractivity contribution is 5.78. The molecular weight excluding hydrogens is 242 g/mol. The molecule has 0 aromatic carbocycles. The van der Waals surface area contributed by atoms with Crippen LogP contribution in [0.2, 0.25) is 0 Å². The van der Waals surface area contributed by atoms with Gasteiger partial charge in [0.2, 0.25) is 0 Å². The smallest absolute Gasteiger partial charge is 0.323 e. The van der Waals surface area contributed by atoms with Crippen molar-refractivity contribution in [3.05, 3.63) is 0 Å². The second-order valence-corrected chi connectivity index (χ2v) is 6.19. The molecule has 3 atom stereocenters. The maximum Gasteiger partial charge on any atom is 0.323 e. The molecule has 0 aromatic heterocycles. The Morgan fingerprint density at radius 2 is 2.11 bits per heavy atom. The van der Waals surface area contributed by atoms with Crippen molar-refractivity contribution in [1.82, 2.24) is 9.80 Å². The monoisotopic (exact) mass is 271 g/mol. The predicted molar refractivity (Wildman–Crippen MR) is 77.2 cm³/mol. The highest BCUT2D eigenvalue weighted by atomic mass is 16.4. The highest BCUT2D eigenvalue weighted by Gasteiger charge is 2.33. The van der Waals surface area contributed by atoms with E-state index in [0.717, 1.165) is 26.1 Å². The van der Waals surface area contributed by atoms with Crippen LogP contribution in [0.4, 0.5) is 0 Å². The summed E-state index contributed by atoms with van der Waals surface area (Å²) in [6.07, 6.45) is 1.89. The van der Waals surface area contributed by atoms with E-state index in [-0.39, 0.29) is 0 Å². The number of hydrogen-bond acceptors (Lipinski definition) is 4. The zero-order valence-corrected chi connectivity index (χ0v) is 12.7. The van der Waals surface area contributed by atoms with Gasteiger partial charge < -0.3 is 20.6 Å². The molecule has 5 heteroatoms. The zero-order chi connectivity index (χ0) is 14.6. The van der Waals surface area contributed by atoms with Gasteiger partial charge in [0.05, 0.1) is 0 Å². The van der Waals surface area contributed by atoms with Crippen molar-refractivity contribution in [3.63, 3.8) is 0 Å². The fraction of sp³-hybridized carbons (Fsp3) is 0.929. The topological polar surface area (TPSA) is 69.8 Å². The number of nitrogens with two attached hydrogens (primary N) is 1. The van der Waals surface area contributed by atoms with Gasteiger partial charge in [-0.05, 0) is 45.8 Å². The average molecular weight is 271 g/mol. The molecule has 1 heterocycles. The van der Waals surface area contributed by atoms with Crippen LogP contribution in [0.15, 0.2) is 0 Å². The van der Waals surface area contributed by atoms with Gasteiger partial charge in [0.1, 0.15) is 5.54 Å². The minimum Gasteiger partial charge on any atom is -0.480 e. The maximum atomic E-state index is 11.1. The summed E-state index contributed by atoms with van der Waals surface area (Å²) in [6.45, 7) is 7.24. The van der Waals surface area contributed by atoms with E-state index in [1.807, 2.05) is 6.92 Å². The van der Waals surface area contributed by atoms with Crippen LogP contribution in [-0.2, 0) is 4.79 Å². The summed E-state index contributed by atoms with van der Waals surface area (Å²) in [5, 5.41) is 9.14. The number of carboxylic acids is 1. The molecule has 19 heavy (non-hydrogen) atoms. The lowest BCUT2D eigenvalue weighted by atomic mass is 9.92. The fourth-order valence-corrected chi connectivity index (χ4v) is 2.96. The van der Waals surface area contributed by atoms with Gasteiger partial charge in [0.25, 0.3) is 0 Å². The van der Waals surface area contributed by atoms with Crippen molar-refractivity contribution < 1.29 is 9.90 Å². The van der Waals surface area contributed by atoms with E-state index in [0.29, 0.717) is 24.8 Å². The van der Waals surface area contributed by atoms with E-state index in [1.165, 1.54) is 0 Å². The van der Waals surface area contributed by atoms with Gasteiger partial charge in [0.15, 0.2) is 0 Å². The minimum absolute atomic E-state index is 0.485. The number of carboxylic acid groups (broad SMARTS) is 1. The van der Waals surface area contributed by atoms with Crippen LogP contribution >= 0.6 is 0 Å². The van der Waals surface area contributed by atoms with E-state index in [2.05, 4.69) is 30.8 Å². The van der Waals surface area contributed by atoms with Crippen LogP contribution in [0.25, 0.3) is 0 Å². The first-order chi connectivity index (χ1) is 8.80. The number of aliphatic carboxylic acids is 1. The van der Waals surface area contributed by atoms with Crippen LogP contribution in [-0.4, -0.2) is 66.2 Å². The van der Waals surface area contributed by atoms with Crippen LogP contribution in [0.3, 0.4) is 0 Å². The molecule has 0 aliphatic carbocycles. The van der Waals surface area contributed by atoms with Crippen molar-refractivity contribution in [1.29, 1.82) is 0 Å². The zero-order valence-electron chi connectivity index (χ0n) is 12.7. The Balaban J connectivity index is 2.37. The lowest BCUT2D eigenvalue weighted by Gasteiger charge is -2.25. The third-order valence-electron chi connectivity index (χ3n) is 4.47. The third kappa shape index (κ3) is 4.16. The molecule has 1 saturated heterocycles. The second-order valence-electron chi connectivity index (χ2n) is 6.19. The van der Waals surface area contributed by atoms with Gasteiger partial charge >= 0.3 is 5.97 Å². The first kappa shape index (κ1) is 16.4. The SMILES string of the molecule is CCC(N)(CCCN1CC(C)C(N(C)C)C1)C(=O)O. The van der Waals surface area contributed by atoms with E-state index in [9.17, 15) is 4.79 Å². The van der Waals surface area contributed by atoms with Crippen molar-refractivity contribution >= 4 is 5.97 Å². The number of likely N-dealkylation sites (tertiary alicyclic amines) is 1. The summed E-state index contributed by atoms with van der Waals surface area (Å²) >= 11 is 0. The maximum absolute atomic E-state index is 11.1. The van der Waals surface area contributed by atoms with Gasteiger partial charge in [-0.25, -0.2) is 0 Å². The quantitative estimate of drug-likeness (QED) is 0.718. The van der Waals surface area contributed by atoms with Crippen molar-refractivity contribution in [2.45, 2.75) is 44.7 Å². The molecule has 0 spiro atoms. The summed E-state index contributed by atoms with van der Waals surface area (Å²) < 4.78 is 0. The Hall–Kier alpha value is -0.650. The second kappa shape index (κ2) is 6.68. The number of carbonyl (C=O) groups is 1. The van der Waals surface area contributed by atoms with Gasteiger partial charge in [-0.1, -0.05) is 13.8 Å². The standard InChI is InChI=1S/C14H29N3O2/c1-5-14(15,13(18)19)7-6-8-17-9-11(2)12(10-17)16(3)4/h11-12H,5-10,15H2,1-4H3,(H,18,19).